The Morgan fingerprint density at radius 1 is 1.12 bits per heavy atom. The summed E-state index contributed by atoms with van der Waals surface area (Å²) in [6.45, 7) is 1.24. The maximum absolute atomic E-state index is 14.1. The molecule has 1 aromatic heterocycles. The Bertz CT molecular complexity index is 1340. The van der Waals surface area contributed by atoms with Crippen molar-refractivity contribution in [3.05, 3.63) is 65.1 Å². The highest BCUT2D eigenvalue weighted by Gasteiger charge is 2.59. The average Bonchev–Trinajstić information content (AvgIpc) is 3.43. The molecule has 1 fully saturated rings. The number of fused-ring (bicyclic) bond motifs is 3. The van der Waals surface area contributed by atoms with E-state index in [2.05, 4.69) is 4.57 Å². The number of aromatic nitrogens is 1. The number of carbonyl (C=O) groups excluding carboxylic acids is 1. The summed E-state index contributed by atoms with van der Waals surface area (Å²) in [7, 11) is -3.07. The van der Waals surface area contributed by atoms with Crippen LogP contribution in [0.2, 0.25) is 0 Å². The molecule has 168 valence electrons. The van der Waals surface area contributed by atoms with Gasteiger partial charge in [0.15, 0.2) is 0 Å². The van der Waals surface area contributed by atoms with Gasteiger partial charge in [0.2, 0.25) is 5.91 Å². The Kier molecular flexibility index (Phi) is 4.90. The van der Waals surface area contributed by atoms with Gasteiger partial charge in [-0.25, -0.2) is 12.8 Å². The van der Waals surface area contributed by atoms with E-state index in [1.807, 2.05) is 24.3 Å². The summed E-state index contributed by atoms with van der Waals surface area (Å²) < 4.78 is 39.4. The molecule has 0 radical (unpaired) electrons. The summed E-state index contributed by atoms with van der Waals surface area (Å²) in [6, 6.07) is 12.6. The second-order valence-corrected chi connectivity index (χ2v) is 11.3. The van der Waals surface area contributed by atoms with Gasteiger partial charge in [-0.1, -0.05) is 12.1 Å². The first-order chi connectivity index (χ1) is 15.2. The van der Waals surface area contributed by atoms with E-state index >= 15 is 0 Å². The van der Waals surface area contributed by atoms with E-state index < -0.39 is 15.3 Å². The normalized spacial score (nSPS) is 16.8. The van der Waals surface area contributed by atoms with E-state index in [-0.39, 0.29) is 17.5 Å². The number of nitrogens with zero attached hydrogens (tertiary/aromatic N) is 2. The molecule has 8 heteroatoms. The number of nitrogens with two attached hydrogens (primary N) is 1. The van der Waals surface area contributed by atoms with Gasteiger partial charge in [0.1, 0.15) is 15.7 Å². The molecule has 0 bridgehead atoms. The van der Waals surface area contributed by atoms with Crippen LogP contribution in [0.4, 0.5) is 10.1 Å². The SMILES string of the molecule is CS(=O)(=O)CCCn1c(CN2C(=O)C3(CC3)c3ccc(F)cc32)cc2cc(CN)ccc21. The zero-order chi connectivity index (χ0) is 22.7. The van der Waals surface area contributed by atoms with Crippen LogP contribution in [0.1, 0.15) is 36.1 Å². The molecular weight excluding hydrogens is 429 g/mol. The fraction of sp³-hybridized carbons (Fsp3) is 0.375. The predicted octanol–water partition coefficient (Wildman–Crippen LogP) is 3.25. The third-order valence-corrected chi connectivity index (χ3v) is 7.71. The lowest BCUT2D eigenvalue weighted by atomic mass is 9.98. The summed E-state index contributed by atoms with van der Waals surface area (Å²) in [5, 5.41) is 0.995. The highest BCUT2D eigenvalue weighted by Crippen LogP contribution is 2.57. The number of hydrogen-bond donors (Lipinski definition) is 1. The van der Waals surface area contributed by atoms with Crippen LogP contribution >= 0.6 is 0 Å². The maximum Gasteiger partial charge on any atom is 0.238 e. The second-order valence-electron chi connectivity index (χ2n) is 9.00. The Hall–Kier alpha value is -2.71. The Labute approximate surface area is 186 Å². The van der Waals surface area contributed by atoms with Gasteiger partial charge in [-0.2, -0.15) is 0 Å². The van der Waals surface area contributed by atoms with Crippen molar-refractivity contribution in [3.63, 3.8) is 0 Å². The summed E-state index contributed by atoms with van der Waals surface area (Å²) in [4.78, 5) is 15.0. The molecule has 0 saturated heterocycles. The second kappa shape index (κ2) is 7.42. The van der Waals surface area contributed by atoms with Crippen molar-refractivity contribution in [2.45, 2.75) is 44.3 Å². The van der Waals surface area contributed by atoms with E-state index in [4.69, 9.17) is 5.73 Å². The van der Waals surface area contributed by atoms with E-state index in [1.54, 1.807) is 11.0 Å². The lowest BCUT2D eigenvalue weighted by Gasteiger charge is -2.20. The number of anilines is 1. The molecule has 2 aromatic carbocycles. The molecule has 5 rings (SSSR count). The van der Waals surface area contributed by atoms with Crippen LogP contribution in [-0.4, -0.2) is 30.9 Å². The minimum absolute atomic E-state index is 0.0219. The summed E-state index contributed by atoms with van der Waals surface area (Å²) >= 11 is 0. The van der Waals surface area contributed by atoms with Crippen LogP contribution in [0, 0.1) is 5.82 Å². The smallest absolute Gasteiger partial charge is 0.238 e. The van der Waals surface area contributed by atoms with Crippen molar-refractivity contribution in [1.82, 2.24) is 4.57 Å². The Morgan fingerprint density at radius 3 is 2.59 bits per heavy atom. The van der Waals surface area contributed by atoms with Crippen molar-refractivity contribution in [2.24, 2.45) is 5.73 Å². The number of sulfone groups is 1. The number of halogens is 1. The lowest BCUT2D eigenvalue weighted by Crippen LogP contribution is -2.32. The molecular formula is C24H26FN3O3S. The van der Waals surface area contributed by atoms with Crippen LogP contribution in [0.3, 0.4) is 0 Å². The molecule has 2 N–H and O–H groups in total. The van der Waals surface area contributed by atoms with Gasteiger partial charge in [-0.15, -0.1) is 0 Å². The number of hydrogen-bond acceptors (Lipinski definition) is 4. The van der Waals surface area contributed by atoms with Gasteiger partial charge in [0.25, 0.3) is 0 Å². The Morgan fingerprint density at radius 2 is 1.91 bits per heavy atom. The fourth-order valence-corrected chi connectivity index (χ4v) is 5.58. The monoisotopic (exact) mass is 455 g/mol. The minimum atomic E-state index is -3.07. The molecule has 1 aliphatic carbocycles. The topological polar surface area (TPSA) is 85.4 Å². The number of carbonyl (C=O) groups is 1. The molecule has 1 spiro atoms. The molecule has 2 aliphatic rings. The summed E-state index contributed by atoms with van der Waals surface area (Å²) in [5.74, 6) is -0.249. The molecule has 1 aliphatic heterocycles. The zero-order valence-electron chi connectivity index (χ0n) is 18.0. The van der Waals surface area contributed by atoms with Crippen LogP contribution in [0.25, 0.3) is 10.9 Å². The third kappa shape index (κ3) is 3.51. The fourth-order valence-electron chi connectivity index (χ4n) is 4.93. The largest absolute Gasteiger partial charge is 0.343 e. The molecule has 1 saturated carbocycles. The van der Waals surface area contributed by atoms with E-state index in [0.717, 1.165) is 40.6 Å². The van der Waals surface area contributed by atoms with Gasteiger partial charge < -0.3 is 15.2 Å². The highest BCUT2D eigenvalue weighted by molar-refractivity contribution is 7.90. The molecule has 0 unspecified atom stereocenters. The van der Waals surface area contributed by atoms with Crippen molar-refractivity contribution >= 4 is 32.3 Å². The van der Waals surface area contributed by atoms with Crippen LogP contribution < -0.4 is 10.6 Å². The summed E-state index contributed by atoms with van der Waals surface area (Å²) in [6.07, 6.45) is 3.28. The maximum atomic E-state index is 14.1. The van der Waals surface area contributed by atoms with Gasteiger partial charge in [0, 0.05) is 35.9 Å². The van der Waals surface area contributed by atoms with Crippen molar-refractivity contribution in [2.75, 3.05) is 16.9 Å². The van der Waals surface area contributed by atoms with Crippen molar-refractivity contribution < 1.29 is 17.6 Å². The molecule has 2 heterocycles. The first kappa shape index (κ1) is 21.2. The number of rotatable bonds is 7. The molecule has 1 amide bonds. The standard InChI is InChI=1S/C24H26FN3O3S/c1-32(30,31)10-2-9-27-19(12-17-11-16(14-26)3-6-21(17)27)15-28-22-13-18(25)4-5-20(22)24(7-8-24)23(28)29/h3-6,11-13H,2,7-10,14-15,26H2,1H3. The molecule has 6 nitrogen and oxygen atoms in total. The minimum Gasteiger partial charge on any atom is -0.343 e. The lowest BCUT2D eigenvalue weighted by molar-refractivity contribution is -0.120. The highest BCUT2D eigenvalue weighted by atomic mass is 32.2. The van der Waals surface area contributed by atoms with E-state index in [9.17, 15) is 17.6 Å². The number of amides is 1. The molecule has 32 heavy (non-hydrogen) atoms. The molecule has 3 aromatic rings. The first-order valence-electron chi connectivity index (χ1n) is 10.8. The van der Waals surface area contributed by atoms with E-state index in [0.29, 0.717) is 31.7 Å². The Balaban J connectivity index is 1.54. The molecule has 0 atom stereocenters. The quantitative estimate of drug-likeness (QED) is 0.593. The zero-order valence-corrected chi connectivity index (χ0v) is 18.8. The van der Waals surface area contributed by atoms with Crippen LogP contribution in [0.5, 0.6) is 0 Å². The number of aryl methyl sites for hydroxylation is 1. The first-order valence-corrected chi connectivity index (χ1v) is 12.9. The number of benzene rings is 2. The third-order valence-electron chi connectivity index (χ3n) is 6.67. The van der Waals surface area contributed by atoms with E-state index in [1.165, 1.54) is 18.4 Å². The van der Waals surface area contributed by atoms with Gasteiger partial charge in [-0.05, 0) is 60.7 Å². The van der Waals surface area contributed by atoms with Crippen LogP contribution in [0.15, 0.2) is 42.5 Å². The van der Waals surface area contributed by atoms with Crippen molar-refractivity contribution in [1.29, 1.82) is 0 Å². The average molecular weight is 456 g/mol. The predicted molar refractivity (Wildman–Crippen MR) is 123 cm³/mol. The summed E-state index contributed by atoms with van der Waals surface area (Å²) in [5.41, 5.74) is 9.72. The van der Waals surface area contributed by atoms with Crippen molar-refractivity contribution in [3.8, 4) is 0 Å². The van der Waals surface area contributed by atoms with Crippen LogP contribution in [-0.2, 0) is 39.7 Å². The van der Waals surface area contributed by atoms with Gasteiger partial charge >= 0.3 is 0 Å². The van der Waals surface area contributed by atoms with Gasteiger partial charge in [0.05, 0.1) is 23.4 Å². The van der Waals surface area contributed by atoms with Gasteiger partial charge in [-0.3, -0.25) is 4.79 Å².